The molecular weight excluding hydrogens is 150 g/mol. The maximum absolute atomic E-state index is 10.9. The van der Waals surface area contributed by atoms with E-state index in [1.54, 1.807) is 0 Å². The Labute approximate surface area is 63.8 Å². The number of rotatable bonds is 0. The summed E-state index contributed by atoms with van der Waals surface area (Å²) in [6.45, 7) is 0. The maximum Gasteiger partial charge on any atom is 0.238 e. The summed E-state index contributed by atoms with van der Waals surface area (Å²) in [4.78, 5) is 23.0. The molecule has 1 rings (SSSR count). The fourth-order valence-electron chi connectivity index (χ4n) is 0.723. The molecule has 0 bridgehead atoms. The lowest BCUT2D eigenvalue weighted by Gasteiger charge is -2.09. The van der Waals surface area contributed by atoms with Crippen LogP contribution in [0.15, 0.2) is 0 Å². The van der Waals surface area contributed by atoms with E-state index in [9.17, 15) is 9.59 Å². The maximum atomic E-state index is 10.9. The molecule has 2 amide bonds. The monoisotopic (exact) mass is 159 g/mol. The third-order valence-corrected chi connectivity index (χ3v) is 2.38. The van der Waals surface area contributed by atoms with E-state index in [0.717, 1.165) is 5.75 Å². The number of amides is 2. The van der Waals surface area contributed by atoms with Gasteiger partial charge in [-0.2, -0.15) is 11.8 Å². The van der Waals surface area contributed by atoms with Crippen molar-refractivity contribution in [3.8, 4) is 0 Å². The van der Waals surface area contributed by atoms with Gasteiger partial charge in [0.05, 0.1) is 5.75 Å². The molecule has 0 N–H and O–H groups in total. The van der Waals surface area contributed by atoms with Crippen molar-refractivity contribution in [1.82, 2.24) is 4.90 Å². The van der Waals surface area contributed by atoms with Gasteiger partial charge < -0.3 is 0 Å². The minimum atomic E-state index is -0.0764. The third kappa shape index (κ3) is 1.50. The lowest BCUT2D eigenvalue weighted by Crippen LogP contribution is -2.32. The molecule has 0 saturated carbocycles. The van der Waals surface area contributed by atoms with Gasteiger partial charge in [0.1, 0.15) is 0 Å². The normalized spacial score (nSPS) is 21.1. The van der Waals surface area contributed by atoms with E-state index >= 15 is 0 Å². The minimum absolute atomic E-state index is 0.0602. The van der Waals surface area contributed by atoms with Crippen molar-refractivity contribution in [3.63, 3.8) is 0 Å². The Morgan fingerprint density at radius 1 is 1.40 bits per heavy atom. The second-order valence-electron chi connectivity index (χ2n) is 2.15. The van der Waals surface area contributed by atoms with Gasteiger partial charge in [0, 0.05) is 19.2 Å². The van der Waals surface area contributed by atoms with Crippen LogP contribution in [-0.2, 0) is 9.59 Å². The molecule has 0 aromatic heterocycles. The summed E-state index contributed by atoms with van der Waals surface area (Å²) in [7, 11) is 1.54. The summed E-state index contributed by atoms with van der Waals surface area (Å²) in [5, 5.41) is 0. The molecule has 0 aromatic carbocycles. The van der Waals surface area contributed by atoms with Gasteiger partial charge in [-0.25, -0.2) is 0 Å². The lowest BCUT2D eigenvalue weighted by atomic mass is 10.4. The number of thioether (sulfide) groups is 1. The summed E-state index contributed by atoms with van der Waals surface area (Å²) in [5.74, 6) is 1.08. The molecule has 1 aliphatic rings. The van der Waals surface area contributed by atoms with Crippen molar-refractivity contribution in [2.45, 2.75) is 6.42 Å². The highest BCUT2D eigenvalue weighted by molar-refractivity contribution is 7.99. The molecule has 1 heterocycles. The molecule has 0 spiro atoms. The number of carbonyl (C=O) groups excluding carboxylic acids is 2. The van der Waals surface area contributed by atoms with Crippen LogP contribution in [0.5, 0.6) is 0 Å². The third-order valence-electron chi connectivity index (χ3n) is 1.43. The van der Waals surface area contributed by atoms with Gasteiger partial charge in [-0.15, -0.1) is 0 Å². The summed E-state index contributed by atoms with van der Waals surface area (Å²) in [5.41, 5.74) is 0. The first kappa shape index (κ1) is 7.60. The topological polar surface area (TPSA) is 37.4 Å². The van der Waals surface area contributed by atoms with Gasteiger partial charge in [0.2, 0.25) is 11.8 Å². The van der Waals surface area contributed by atoms with Crippen molar-refractivity contribution in [1.29, 1.82) is 0 Å². The van der Waals surface area contributed by atoms with Crippen LogP contribution in [0.25, 0.3) is 0 Å². The second kappa shape index (κ2) is 3.05. The molecule has 3 nitrogen and oxygen atoms in total. The zero-order chi connectivity index (χ0) is 7.56. The smallest absolute Gasteiger partial charge is 0.238 e. The van der Waals surface area contributed by atoms with Gasteiger partial charge in [0.25, 0.3) is 0 Å². The molecule has 1 aliphatic heterocycles. The van der Waals surface area contributed by atoms with E-state index in [-0.39, 0.29) is 11.8 Å². The second-order valence-corrected chi connectivity index (χ2v) is 3.25. The van der Waals surface area contributed by atoms with Crippen molar-refractivity contribution < 1.29 is 9.59 Å². The molecule has 1 saturated heterocycles. The van der Waals surface area contributed by atoms with Gasteiger partial charge in [-0.1, -0.05) is 0 Å². The molecule has 0 atom stereocenters. The molecule has 0 radical (unpaired) electrons. The zero-order valence-corrected chi connectivity index (χ0v) is 6.61. The lowest BCUT2D eigenvalue weighted by molar-refractivity contribution is -0.140. The van der Waals surface area contributed by atoms with Crippen LogP contribution < -0.4 is 0 Å². The number of hydrogen-bond donors (Lipinski definition) is 0. The van der Waals surface area contributed by atoms with E-state index < -0.39 is 0 Å². The van der Waals surface area contributed by atoms with Crippen LogP contribution in [0.2, 0.25) is 0 Å². The Balaban J connectivity index is 2.64. The largest absolute Gasteiger partial charge is 0.285 e. The molecule has 0 unspecified atom stereocenters. The van der Waals surface area contributed by atoms with Crippen LogP contribution >= 0.6 is 11.8 Å². The molecular formula is C6H9NO2S. The van der Waals surface area contributed by atoms with E-state index in [1.807, 2.05) is 0 Å². The van der Waals surface area contributed by atoms with Gasteiger partial charge in [0.15, 0.2) is 0 Å². The summed E-state index contributed by atoms with van der Waals surface area (Å²) in [6, 6.07) is 0. The van der Waals surface area contributed by atoms with Crippen molar-refractivity contribution in [2.75, 3.05) is 18.6 Å². The van der Waals surface area contributed by atoms with Crippen LogP contribution in [-0.4, -0.2) is 35.3 Å². The van der Waals surface area contributed by atoms with Crippen molar-refractivity contribution in [3.05, 3.63) is 0 Å². The number of carbonyl (C=O) groups is 2. The SMILES string of the molecule is CN1C(=O)CCSCC1=O. The standard InChI is InChI=1S/C6H9NO2S/c1-7-5(8)2-3-10-4-6(7)9/h2-4H2,1H3. The average molecular weight is 159 g/mol. The summed E-state index contributed by atoms with van der Waals surface area (Å²) < 4.78 is 0. The van der Waals surface area contributed by atoms with E-state index in [4.69, 9.17) is 0 Å². The first-order valence-electron chi connectivity index (χ1n) is 3.09. The molecule has 4 heteroatoms. The quantitative estimate of drug-likeness (QED) is 0.471. The van der Waals surface area contributed by atoms with Gasteiger partial charge in [-0.05, 0) is 0 Å². The van der Waals surface area contributed by atoms with Gasteiger partial charge >= 0.3 is 0 Å². The highest BCUT2D eigenvalue weighted by Crippen LogP contribution is 2.10. The van der Waals surface area contributed by atoms with E-state index in [0.29, 0.717) is 12.2 Å². The Bertz CT molecular complexity index is 151. The minimum Gasteiger partial charge on any atom is -0.285 e. The number of imide groups is 1. The molecule has 0 aliphatic carbocycles. The molecule has 10 heavy (non-hydrogen) atoms. The number of hydrogen-bond acceptors (Lipinski definition) is 3. The van der Waals surface area contributed by atoms with Crippen molar-refractivity contribution in [2.24, 2.45) is 0 Å². The van der Waals surface area contributed by atoms with Crippen LogP contribution in [0.1, 0.15) is 6.42 Å². The first-order valence-corrected chi connectivity index (χ1v) is 4.24. The van der Waals surface area contributed by atoms with Crippen LogP contribution in [0.3, 0.4) is 0 Å². The Morgan fingerprint density at radius 2 is 2.10 bits per heavy atom. The highest BCUT2D eigenvalue weighted by atomic mass is 32.2. The Hall–Kier alpha value is -0.510. The molecule has 1 fully saturated rings. The van der Waals surface area contributed by atoms with E-state index in [2.05, 4.69) is 0 Å². The van der Waals surface area contributed by atoms with Crippen LogP contribution in [0, 0.1) is 0 Å². The number of nitrogens with zero attached hydrogens (tertiary/aromatic N) is 1. The van der Waals surface area contributed by atoms with Crippen molar-refractivity contribution >= 4 is 23.6 Å². The zero-order valence-electron chi connectivity index (χ0n) is 5.79. The highest BCUT2D eigenvalue weighted by Gasteiger charge is 2.19. The Kier molecular flexibility index (Phi) is 2.32. The average Bonchev–Trinajstić information content (AvgIpc) is 2.04. The Morgan fingerprint density at radius 3 is 2.80 bits per heavy atom. The van der Waals surface area contributed by atoms with Crippen LogP contribution in [0.4, 0.5) is 0 Å². The fourth-order valence-corrected chi connectivity index (χ4v) is 1.55. The summed E-state index contributed by atoms with van der Waals surface area (Å²) >= 11 is 1.52. The summed E-state index contributed by atoms with van der Waals surface area (Å²) in [6.07, 6.45) is 0.493. The first-order chi connectivity index (χ1) is 4.72. The predicted octanol–water partition coefficient (Wildman–Crippen LogP) is 0.108. The van der Waals surface area contributed by atoms with E-state index in [1.165, 1.54) is 23.7 Å². The molecule has 0 aromatic rings. The van der Waals surface area contributed by atoms with Gasteiger partial charge in [-0.3, -0.25) is 14.5 Å². The molecule has 56 valence electrons. The predicted molar refractivity (Wildman–Crippen MR) is 39.7 cm³/mol. The fraction of sp³-hybridized carbons (Fsp3) is 0.667.